The lowest BCUT2D eigenvalue weighted by molar-refractivity contribution is 0.562. The largest absolute Gasteiger partial charge is 0.356 e. The van der Waals surface area contributed by atoms with E-state index in [9.17, 15) is 0 Å². The molecule has 2 aromatic carbocycles. The molecule has 2 nitrogen and oxygen atoms in total. The predicted molar refractivity (Wildman–Crippen MR) is 99.0 cm³/mol. The summed E-state index contributed by atoms with van der Waals surface area (Å²) in [6.45, 7) is 5.86. The predicted octanol–water partition coefficient (Wildman–Crippen LogP) is 4.75. The lowest BCUT2D eigenvalue weighted by Gasteiger charge is -2.29. The van der Waals surface area contributed by atoms with Crippen LogP contribution in [0.3, 0.4) is 0 Å². The summed E-state index contributed by atoms with van der Waals surface area (Å²) in [5.74, 6) is 0. The molecular weight excluding hydrogens is 280 g/mol. The molecule has 0 aromatic heterocycles. The third kappa shape index (κ3) is 3.43. The fourth-order valence-corrected chi connectivity index (χ4v) is 2.76. The Labute approximate surface area is 138 Å². The summed E-state index contributed by atoms with van der Waals surface area (Å²) in [4.78, 5) is 0. The molecule has 0 radical (unpaired) electrons. The Morgan fingerprint density at radius 1 is 1.17 bits per heavy atom. The summed E-state index contributed by atoms with van der Waals surface area (Å²) in [7, 11) is 0. The second kappa shape index (κ2) is 6.27. The van der Waals surface area contributed by atoms with Crippen molar-refractivity contribution in [1.82, 2.24) is 0 Å². The summed E-state index contributed by atoms with van der Waals surface area (Å²) >= 11 is 0. The number of rotatable bonds is 4. The van der Waals surface area contributed by atoms with E-state index in [4.69, 9.17) is 5.73 Å². The van der Waals surface area contributed by atoms with Gasteiger partial charge in [-0.25, -0.2) is 0 Å². The molecule has 0 saturated carbocycles. The van der Waals surface area contributed by atoms with Gasteiger partial charge in [0.15, 0.2) is 0 Å². The van der Waals surface area contributed by atoms with Crippen LogP contribution in [0.15, 0.2) is 79.0 Å². The number of anilines is 1. The molecule has 23 heavy (non-hydrogen) atoms. The quantitative estimate of drug-likeness (QED) is 0.855. The van der Waals surface area contributed by atoms with Gasteiger partial charge in [-0.2, -0.15) is 0 Å². The van der Waals surface area contributed by atoms with Crippen LogP contribution < -0.4 is 11.1 Å². The molecule has 2 heteroatoms. The van der Waals surface area contributed by atoms with Crippen LogP contribution in [-0.4, -0.2) is 0 Å². The van der Waals surface area contributed by atoms with E-state index in [1.807, 2.05) is 18.2 Å². The lowest BCUT2D eigenvalue weighted by Crippen LogP contribution is -2.35. The highest BCUT2D eigenvalue weighted by atomic mass is 14.9. The van der Waals surface area contributed by atoms with Gasteiger partial charge in [-0.15, -0.1) is 0 Å². The molecule has 0 heterocycles. The van der Waals surface area contributed by atoms with E-state index >= 15 is 0 Å². The van der Waals surface area contributed by atoms with Crippen LogP contribution in [0.25, 0.3) is 6.08 Å². The van der Waals surface area contributed by atoms with Crippen LogP contribution in [-0.2, 0) is 5.54 Å². The molecular formula is C21H22N2. The highest BCUT2D eigenvalue weighted by Gasteiger charge is 2.25. The molecule has 0 spiro atoms. The molecule has 116 valence electrons. The van der Waals surface area contributed by atoms with Crippen molar-refractivity contribution in [1.29, 1.82) is 0 Å². The maximum atomic E-state index is 6.57. The van der Waals surface area contributed by atoms with Crippen molar-refractivity contribution in [3.05, 3.63) is 95.7 Å². The van der Waals surface area contributed by atoms with Crippen molar-refractivity contribution < 1.29 is 0 Å². The Bertz CT molecular complexity index is 769. The Morgan fingerprint density at radius 2 is 1.96 bits per heavy atom. The Balaban J connectivity index is 1.73. The second-order valence-corrected chi connectivity index (χ2v) is 6.06. The molecule has 1 aliphatic rings. The normalized spacial score (nSPS) is 20.0. The van der Waals surface area contributed by atoms with E-state index in [0.29, 0.717) is 0 Å². The van der Waals surface area contributed by atoms with Crippen molar-refractivity contribution in [3.63, 3.8) is 0 Å². The van der Waals surface area contributed by atoms with Gasteiger partial charge >= 0.3 is 0 Å². The van der Waals surface area contributed by atoms with Crippen LogP contribution in [0.1, 0.15) is 23.1 Å². The van der Waals surface area contributed by atoms with Crippen molar-refractivity contribution >= 4 is 11.8 Å². The number of nitrogens with one attached hydrogen (secondary N) is 1. The minimum Gasteiger partial charge on any atom is -0.356 e. The van der Waals surface area contributed by atoms with E-state index < -0.39 is 5.54 Å². The molecule has 1 unspecified atom stereocenters. The van der Waals surface area contributed by atoms with Gasteiger partial charge < -0.3 is 11.1 Å². The Hall–Kier alpha value is -2.58. The first-order valence-corrected chi connectivity index (χ1v) is 7.84. The number of hydrogen-bond donors (Lipinski definition) is 2. The zero-order valence-electron chi connectivity index (χ0n) is 13.4. The molecule has 0 amide bonds. The summed E-state index contributed by atoms with van der Waals surface area (Å²) in [6, 6.07) is 16.6. The number of nitrogens with two attached hydrogens (primary N) is 1. The monoisotopic (exact) mass is 302 g/mol. The van der Waals surface area contributed by atoms with Crippen molar-refractivity contribution in [2.45, 2.75) is 18.9 Å². The SMILES string of the molecule is C=Cc1ccc(NC2=CCC(N)(c3cccc(C)c3)C=C2)cc1. The summed E-state index contributed by atoms with van der Waals surface area (Å²) in [5.41, 5.74) is 11.8. The van der Waals surface area contributed by atoms with Gasteiger partial charge in [-0.05, 0) is 42.7 Å². The van der Waals surface area contributed by atoms with Gasteiger partial charge in [-0.3, -0.25) is 0 Å². The van der Waals surface area contributed by atoms with E-state index in [1.165, 1.54) is 5.56 Å². The first-order valence-electron chi connectivity index (χ1n) is 7.84. The first-order chi connectivity index (χ1) is 11.1. The smallest absolute Gasteiger partial charge is 0.0635 e. The molecule has 3 N–H and O–H groups in total. The molecule has 1 atom stereocenters. The van der Waals surface area contributed by atoms with Crippen LogP contribution in [0.4, 0.5) is 5.69 Å². The minimum atomic E-state index is -0.427. The average Bonchev–Trinajstić information content (AvgIpc) is 2.58. The average molecular weight is 302 g/mol. The maximum absolute atomic E-state index is 6.57. The summed E-state index contributed by atoms with van der Waals surface area (Å²) in [5, 5.41) is 3.42. The molecule has 3 rings (SSSR count). The first kappa shape index (κ1) is 15.3. The number of allylic oxidation sites excluding steroid dienone is 1. The zero-order chi connectivity index (χ0) is 16.3. The van der Waals surface area contributed by atoms with Gasteiger partial charge in [0.05, 0.1) is 5.54 Å². The molecule has 0 bridgehead atoms. The Morgan fingerprint density at radius 3 is 2.57 bits per heavy atom. The maximum Gasteiger partial charge on any atom is 0.0635 e. The van der Waals surface area contributed by atoms with Gasteiger partial charge in [0.1, 0.15) is 0 Å². The standard InChI is InChI=1S/C21H22N2/c1-3-17-7-9-19(10-8-17)23-20-11-13-21(22,14-12-20)18-6-4-5-16(2)15-18/h3-13,15,23H,1,14,22H2,2H3. The van der Waals surface area contributed by atoms with E-state index in [-0.39, 0.29) is 0 Å². The van der Waals surface area contributed by atoms with Gasteiger partial charge in [0.2, 0.25) is 0 Å². The molecule has 0 saturated heterocycles. The van der Waals surface area contributed by atoms with Crippen LogP contribution in [0.5, 0.6) is 0 Å². The fourth-order valence-electron chi connectivity index (χ4n) is 2.76. The van der Waals surface area contributed by atoms with Crippen LogP contribution in [0, 0.1) is 6.92 Å². The van der Waals surface area contributed by atoms with Gasteiger partial charge in [0, 0.05) is 11.4 Å². The highest BCUT2D eigenvalue weighted by Crippen LogP contribution is 2.30. The fraction of sp³-hybridized carbons (Fsp3) is 0.143. The zero-order valence-corrected chi connectivity index (χ0v) is 13.4. The van der Waals surface area contributed by atoms with Crippen LogP contribution in [0.2, 0.25) is 0 Å². The van der Waals surface area contributed by atoms with E-state index in [0.717, 1.165) is 28.9 Å². The van der Waals surface area contributed by atoms with Crippen molar-refractivity contribution in [2.75, 3.05) is 5.32 Å². The van der Waals surface area contributed by atoms with Crippen molar-refractivity contribution in [2.24, 2.45) is 5.73 Å². The molecule has 0 aliphatic heterocycles. The number of aryl methyl sites for hydroxylation is 1. The highest BCUT2D eigenvalue weighted by molar-refractivity contribution is 5.57. The van der Waals surface area contributed by atoms with Gasteiger partial charge in [0.25, 0.3) is 0 Å². The van der Waals surface area contributed by atoms with Crippen LogP contribution >= 0.6 is 0 Å². The number of hydrogen-bond acceptors (Lipinski definition) is 2. The molecule has 2 aromatic rings. The topological polar surface area (TPSA) is 38.0 Å². The van der Waals surface area contributed by atoms with Crippen molar-refractivity contribution in [3.8, 4) is 0 Å². The summed E-state index contributed by atoms with van der Waals surface area (Å²) in [6.07, 6.45) is 8.92. The minimum absolute atomic E-state index is 0.427. The Kier molecular flexibility index (Phi) is 4.18. The third-order valence-corrected chi connectivity index (χ3v) is 4.21. The third-order valence-electron chi connectivity index (χ3n) is 4.21. The van der Waals surface area contributed by atoms with E-state index in [1.54, 1.807) is 0 Å². The summed E-state index contributed by atoms with van der Waals surface area (Å²) < 4.78 is 0. The lowest BCUT2D eigenvalue weighted by atomic mass is 9.83. The van der Waals surface area contributed by atoms with Gasteiger partial charge in [-0.1, -0.05) is 66.8 Å². The van der Waals surface area contributed by atoms with E-state index in [2.05, 4.69) is 73.4 Å². The molecule has 1 aliphatic carbocycles. The second-order valence-electron chi connectivity index (χ2n) is 6.06. The molecule has 0 fully saturated rings. The number of benzene rings is 2.